The third-order valence-corrected chi connectivity index (χ3v) is 4.84. The van der Waals surface area contributed by atoms with Crippen LogP contribution in [0.15, 0.2) is 83.3 Å². The molecule has 0 spiro atoms. The Bertz CT molecular complexity index is 975. The van der Waals surface area contributed by atoms with Crippen molar-refractivity contribution in [3.63, 3.8) is 0 Å². The third-order valence-electron chi connectivity index (χ3n) is 4.35. The Morgan fingerprint density at radius 2 is 1.59 bits per heavy atom. The molecule has 3 aromatic rings. The van der Waals surface area contributed by atoms with Crippen molar-refractivity contribution in [3.8, 4) is 0 Å². The molecule has 6 heteroatoms. The van der Waals surface area contributed by atoms with Crippen LogP contribution < -0.4 is 16.0 Å². The van der Waals surface area contributed by atoms with Crippen LogP contribution in [0.5, 0.6) is 0 Å². The minimum atomic E-state index is -0.295. The molecule has 0 aliphatic rings. The average molecular weight is 452 g/mol. The molecule has 3 aromatic carbocycles. The highest BCUT2D eigenvalue weighted by Gasteiger charge is 2.09. The van der Waals surface area contributed by atoms with Gasteiger partial charge in [0, 0.05) is 27.5 Å². The third kappa shape index (κ3) is 6.19. The maximum atomic E-state index is 12.1. The first-order valence-electron chi connectivity index (χ1n) is 9.26. The van der Waals surface area contributed by atoms with Crippen LogP contribution in [0, 0.1) is 0 Å². The van der Waals surface area contributed by atoms with Crippen LogP contribution >= 0.6 is 15.9 Å². The van der Waals surface area contributed by atoms with E-state index in [2.05, 4.69) is 50.9 Å². The van der Waals surface area contributed by atoms with Crippen molar-refractivity contribution in [1.29, 1.82) is 0 Å². The van der Waals surface area contributed by atoms with E-state index >= 15 is 0 Å². The Morgan fingerprint density at radius 3 is 2.28 bits per heavy atom. The normalized spacial score (nSPS) is 11.4. The quantitative estimate of drug-likeness (QED) is 0.473. The van der Waals surface area contributed by atoms with Gasteiger partial charge < -0.3 is 16.0 Å². The number of nitrogens with one attached hydrogen (secondary N) is 3. The Hall–Kier alpha value is -3.12. The fraction of sp³-hybridized carbons (Fsp3) is 0.130. The van der Waals surface area contributed by atoms with E-state index in [1.54, 1.807) is 18.2 Å². The number of benzene rings is 3. The first-order chi connectivity index (χ1) is 14.0. The summed E-state index contributed by atoms with van der Waals surface area (Å²) in [5.74, 6) is -0.581. The van der Waals surface area contributed by atoms with Crippen molar-refractivity contribution in [2.24, 2.45) is 0 Å². The molecule has 0 fully saturated rings. The number of anilines is 2. The van der Waals surface area contributed by atoms with Crippen molar-refractivity contribution in [2.75, 3.05) is 17.2 Å². The van der Waals surface area contributed by atoms with Crippen molar-refractivity contribution >= 4 is 39.1 Å². The summed E-state index contributed by atoms with van der Waals surface area (Å²) in [7, 11) is 0. The molecule has 0 aromatic heterocycles. The van der Waals surface area contributed by atoms with Crippen molar-refractivity contribution in [3.05, 3.63) is 94.5 Å². The van der Waals surface area contributed by atoms with E-state index in [9.17, 15) is 9.59 Å². The van der Waals surface area contributed by atoms with Crippen LogP contribution in [0.2, 0.25) is 0 Å². The van der Waals surface area contributed by atoms with E-state index in [4.69, 9.17) is 0 Å². The van der Waals surface area contributed by atoms with Crippen molar-refractivity contribution in [1.82, 2.24) is 5.32 Å². The number of carbonyl (C=O) groups is 2. The molecule has 5 nitrogen and oxygen atoms in total. The van der Waals surface area contributed by atoms with Crippen LogP contribution in [0.1, 0.15) is 28.9 Å². The zero-order valence-electron chi connectivity index (χ0n) is 16.0. The lowest BCUT2D eigenvalue weighted by Crippen LogP contribution is -2.32. The van der Waals surface area contributed by atoms with Crippen LogP contribution in [0.25, 0.3) is 0 Å². The second kappa shape index (κ2) is 9.89. The van der Waals surface area contributed by atoms with E-state index < -0.39 is 0 Å². The molecule has 0 saturated carbocycles. The maximum absolute atomic E-state index is 12.1. The number of hydrogen-bond donors (Lipinski definition) is 3. The van der Waals surface area contributed by atoms with Crippen LogP contribution in [0.4, 0.5) is 11.4 Å². The summed E-state index contributed by atoms with van der Waals surface area (Å²) in [4.78, 5) is 24.2. The van der Waals surface area contributed by atoms with E-state index in [1.165, 1.54) is 5.56 Å². The first-order valence-corrected chi connectivity index (χ1v) is 10.1. The summed E-state index contributed by atoms with van der Waals surface area (Å²) in [6, 6.07) is 24.8. The molecule has 148 valence electrons. The first kappa shape index (κ1) is 20.6. The number of amides is 2. The molecule has 1 unspecified atom stereocenters. The summed E-state index contributed by atoms with van der Waals surface area (Å²) < 4.78 is 0.810. The Labute approximate surface area is 178 Å². The molecular formula is C23H22BrN3O2. The van der Waals surface area contributed by atoms with Crippen LogP contribution in [0.3, 0.4) is 0 Å². The molecular weight excluding hydrogens is 430 g/mol. The lowest BCUT2D eigenvalue weighted by molar-refractivity contribution is -0.115. The molecule has 0 aliphatic carbocycles. The average Bonchev–Trinajstić information content (AvgIpc) is 2.74. The highest BCUT2D eigenvalue weighted by molar-refractivity contribution is 9.10. The molecule has 1 atom stereocenters. The summed E-state index contributed by atoms with van der Waals surface area (Å²) in [5.41, 5.74) is 3.33. The van der Waals surface area contributed by atoms with Gasteiger partial charge in [-0.05, 0) is 55.0 Å². The summed E-state index contributed by atoms with van der Waals surface area (Å²) in [6.07, 6.45) is 0. The predicted octanol–water partition coefficient (Wildman–Crippen LogP) is 4.99. The molecule has 0 heterocycles. The minimum absolute atomic E-state index is 0.101. The fourth-order valence-corrected chi connectivity index (χ4v) is 3.22. The van der Waals surface area contributed by atoms with Gasteiger partial charge in [-0.3, -0.25) is 9.59 Å². The maximum Gasteiger partial charge on any atom is 0.251 e. The molecule has 2 amide bonds. The summed E-state index contributed by atoms with van der Waals surface area (Å²) >= 11 is 3.32. The van der Waals surface area contributed by atoms with Gasteiger partial charge in [-0.15, -0.1) is 0 Å². The second-order valence-corrected chi connectivity index (χ2v) is 7.51. The molecule has 29 heavy (non-hydrogen) atoms. The molecule has 3 rings (SSSR count). The van der Waals surface area contributed by atoms with Gasteiger partial charge in [0.1, 0.15) is 0 Å². The molecule has 0 radical (unpaired) electrons. The Balaban J connectivity index is 1.49. The molecule has 3 N–H and O–H groups in total. The van der Waals surface area contributed by atoms with Crippen molar-refractivity contribution in [2.45, 2.75) is 13.0 Å². The number of carbonyl (C=O) groups excluding carboxylic acids is 2. The minimum Gasteiger partial charge on any atom is -0.379 e. The van der Waals surface area contributed by atoms with E-state index in [0.717, 1.165) is 10.2 Å². The summed E-state index contributed by atoms with van der Waals surface area (Å²) in [5, 5.41) is 8.83. The smallest absolute Gasteiger partial charge is 0.251 e. The van der Waals surface area contributed by atoms with Gasteiger partial charge >= 0.3 is 0 Å². The molecule has 0 bridgehead atoms. The largest absolute Gasteiger partial charge is 0.379 e. The topological polar surface area (TPSA) is 70.2 Å². The zero-order valence-corrected chi connectivity index (χ0v) is 17.6. The fourth-order valence-electron chi connectivity index (χ4n) is 2.82. The lowest BCUT2D eigenvalue weighted by atomic mass is 10.1. The van der Waals surface area contributed by atoms with Gasteiger partial charge in [0.15, 0.2) is 0 Å². The number of rotatable bonds is 7. The number of halogens is 1. The van der Waals surface area contributed by atoms with Gasteiger partial charge in [0.25, 0.3) is 5.91 Å². The molecule has 0 aliphatic heterocycles. The van der Waals surface area contributed by atoms with Crippen LogP contribution in [-0.4, -0.2) is 18.4 Å². The van der Waals surface area contributed by atoms with Gasteiger partial charge in [-0.25, -0.2) is 0 Å². The second-order valence-electron chi connectivity index (χ2n) is 6.60. The van der Waals surface area contributed by atoms with E-state index in [-0.39, 0.29) is 24.4 Å². The standard InChI is InChI=1S/C23H22BrN3O2/c1-16(17-6-3-2-4-7-17)26-20-10-12-21(13-11-20)27-22(28)15-25-23(29)18-8-5-9-19(24)14-18/h2-14,16,26H,15H2,1H3,(H,25,29)(H,27,28). The Morgan fingerprint density at radius 1 is 0.897 bits per heavy atom. The number of hydrogen-bond acceptors (Lipinski definition) is 3. The van der Waals surface area contributed by atoms with Crippen LogP contribution in [-0.2, 0) is 4.79 Å². The van der Waals surface area contributed by atoms with Crippen molar-refractivity contribution < 1.29 is 9.59 Å². The monoisotopic (exact) mass is 451 g/mol. The van der Waals surface area contributed by atoms with Gasteiger partial charge in [-0.2, -0.15) is 0 Å². The lowest BCUT2D eigenvalue weighted by Gasteiger charge is -2.16. The zero-order chi connectivity index (χ0) is 20.6. The van der Waals surface area contributed by atoms with Gasteiger partial charge in [-0.1, -0.05) is 52.3 Å². The van der Waals surface area contributed by atoms with E-state index in [0.29, 0.717) is 11.3 Å². The summed E-state index contributed by atoms with van der Waals surface area (Å²) in [6.45, 7) is 2.00. The molecule has 0 saturated heterocycles. The van der Waals surface area contributed by atoms with Gasteiger partial charge in [0.2, 0.25) is 5.91 Å². The highest BCUT2D eigenvalue weighted by Crippen LogP contribution is 2.20. The Kier molecular flexibility index (Phi) is 7.03. The predicted molar refractivity (Wildman–Crippen MR) is 120 cm³/mol. The highest BCUT2D eigenvalue weighted by atomic mass is 79.9. The van der Waals surface area contributed by atoms with E-state index in [1.807, 2.05) is 48.5 Å². The SMILES string of the molecule is CC(Nc1ccc(NC(=O)CNC(=O)c2cccc(Br)c2)cc1)c1ccccc1. The van der Waals surface area contributed by atoms with Gasteiger partial charge in [0.05, 0.1) is 6.54 Å².